The van der Waals surface area contributed by atoms with Gasteiger partial charge in [-0.25, -0.2) is 0 Å². The van der Waals surface area contributed by atoms with Crippen molar-refractivity contribution >= 4 is 34.0 Å². The van der Waals surface area contributed by atoms with Gasteiger partial charge in [-0.1, -0.05) is 100 Å². The van der Waals surface area contributed by atoms with E-state index in [4.69, 9.17) is 9.98 Å². The van der Waals surface area contributed by atoms with Crippen LogP contribution in [-0.4, -0.2) is 43.1 Å². The number of aromatic hydroxyl groups is 6. The largest absolute Gasteiger partial charge is 0.507 e. The molecular formula is C46H48N2O6. The third kappa shape index (κ3) is 6.46. The number of phenolic OH excluding ortho intramolecular Hbond substituents is 6. The van der Waals surface area contributed by atoms with Gasteiger partial charge in [-0.15, -0.1) is 0 Å². The number of hydrogen-bond donors (Lipinski definition) is 6. The molecule has 0 saturated carbocycles. The minimum absolute atomic E-state index is 0.138. The molecule has 2 atom stereocenters. The maximum Gasteiger partial charge on any atom is 0.167 e. The minimum Gasteiger partial charge on any atom is -0.507 e. The molecule has 0 aromatic heterocycles. The number of nitrogens with zero attached hydrogens (tertiary/aromatic N) is 2. The highest BCUT2D eigenvalue weighted by atomic mass is 16.3. The number of phenols is 6. The SMILES string of the molecule is Cc1cc2c(C(C)C)c(O)c(O)c(C=NC(C)c3ccccc3)c2c(O)c1-c1c(C)cc2c(C(C)C)c(O)c(O)c(C=NC(C)c3ccccc3)c2c1O. The Labute approximate surface area is 316 Å². The first-order valence-electron chi connectivity index (χ1n) is 18.3. The lowest BCUT2D eigenvalue weighted by Gasteiger charge is -2.23. The van der Waals surface area contributed by atoms with E-state index in [0.717, 1.165) is 11.1 Å². The van der Waals surface area contributed by atoms with Crippen LogP contribution < -0.4 is 0 Å². The summed E-state index contributed by atoms with van der Waals surface area (Å²) in [7, 11) is 0. The molecule has 0 spiro atoms. The summed E-state index contributed by atoms with van der Waals surface area (Å²) in [5, 5.41) is 72.1. The van der Waals surface area contributed by atoms with E-state index < -0.39 is 11.5 Å². The van der Waals surface area contributed by atoms with Crippen molar-refractivity contribution in [2.24, 2.45) is 9.98 Å². The highest BCUT2D eigenvalue weighted by Gasteiger charge is 2.29. The Morgan fingerprint density at radius 1 is 0.463 bits per heavy atom. The second kappa shape index (κ2) is 14.8. The number of rotatable bonds is 9. The normalized spacial score (nSPS) is 13.3. The molecule has 0 radical (unpaired) electrons. The molecule has 0 heterocycles. The monoisotopic (exact) mass is 724 g/mol. The maximum atomic E-state index is 12.4. The molecular weight excluding hydrogens is 677 g/mol. The van der Waals surface area contributed by atoms with Crippen LogP contribution >= 0.6 is 0 Å². The van der Waals surface area contributed by atoms with E-state index in [1.807, 2.05) is 128 Å². The topological polar surface area (TPSA) is 146 Å². The molecule has 278 valence electrons. The van der Waals surface area contributed by atoms with Crippen molar-refractivity contribution in [3.8, 4) is 45.6 Å². The Morgan fingerprint density at radius 2 is 0.796 bits per heavy atom. The second-order valence-corrected chi connectivity index (χ2v) is 14.8. The van der Waals surface area contributed by atoms with Gasteiger partial charge in [0.25, 0.3) is 0 Å². The summed E-state index contributed by atoms with van der Waals surface area (Å²) in [5.74, 6) is -2.26. The lowest BCUT2D eigenvalue weighted by molar-refractivity contribution is 0.398. The molecule has 0 bridgehead atoms. The van der Waals surface area contributed by atoms with Crippen molar-refractivity contribution < 1.29 is 30.6 Å². The van der Waals surface area contributed by atoms with E-state index in [-0.39, 0.29) is 68.8 Å². The highest BCUT2D eigenvalue weighted by molar-refractivity contribution is 6.15. The van der Waals surface area contributed by atoms with Crippen LogP contribution in [0.5, 0.6) is 34.5 Å². The molecule has 8 heteroatoms. The van der Waals surface area contributed by atoms with Gasteiger partial charge >= 0.3 is 0 Å². The van der Waals surface area contributed by atoms with Crippen LogP contribution in [0, 0.1) is 13.8 Å². The molecule has 8 nitrogen and oxygen atoms in total. The number of benzene rings is 6. The van der Waals surface area contributed by atoms with Gasteiger partial charge in [0.2, 0.25) is 0 Å². The smallest absolute Gasteiger partial charge is 0.167 e. The Kier molecular flexibility index (Phi) is 10.3. The lowest BCUT2D eigenvalue weighted by atomic mass is 9.83. The Balaban J connectivity index is 1.68. The predicted octanol–water partition coefficient (Wildman–Crippen LogP) is 11.1. The van der Waals surface area contributed by atoms with E-state index >= 15 is 0 Å². The third-order valence-electron chi connectivity index (χ3n) is 10.4. The van der Waals surface area contributed by atoms with Crippen molar-refractivity contribution in [2.45, 2.75) is 79.3 Å². The first-order valence-corrected chi connectivity index (χ1v) is 18.3. The lowest BCUT2D eigenvalue weighted by Crippen LogP contribution is -2.02. The fourth-order valence-corrected chi connectivity index (χ4v) is 7.63. The van der Waals surface area contributed by atoms with Gasteiger partial charge < -0.3 is 30.6 Å². The average molecular weight is 725 g/mol. The van der Waals surface area contributed by atoms with Gasteiger partial charge in [0.05, 0.1) is 12.1 Å². The fraction of sp³-hybridized carbons (Fsp3) is 0.261. The van der Waals surface area contributed by atoms with Gasteiger partial charge in [-0.3, -0.25) is 9.98 Å². The van der Waals surface area contributed by atoms with E-state index in [1.54, 1.807) is 0 Å². The van der Waals surface area contributed by atoms with E-state index in [1.165, 1.54) is 12.4 Å². The summed E-state index contributed by atoms with van der Waals surface area (Å²) >= 11 is 0. The van der Waals surface area contributed by atoms with Crippen LogP contribution in [0.15, 0.2) is 82.8 Å². The molecule has 0 amide bonds. The van der Waals surface area contributed by atoms with Gasteiger partial charge in [0.1, 0.15) is 11.5 Å². The van der Waals surface area contributed by atoms with Crippen molar-refractivity contribution in [2.75, 3.05) is 0 Å². The number of aryl methyl sites for hydroxylation is 2. The Morgan fingerprint density at radius 3 is 1.11 bits per heavy atom. The van der Waals surface area contributed by atoms with Crippen LogP contribution in [0.2, 0.25) is 0 Å². The molecule has 0 fully saturated rings. The van der Waals surface area contributed by atoms with Gasteiger partial charge in [0, 0.05) is 56.6 Å². The standard InChI is InChI=1S/C46H48N2O6/c1-23(2)35-31-19-25(5)37(43(51)39(31)33(41(49)45(35)53)21-47-27(7)29-15-11-9-12-16-29)38-26(6)20-32-36(24(3)4)46(54)42(50)34(40(32)44(38)52)22-48-28(8)30-17-13-10-14-18-30/h9-24,27-28,49-54H,1-8H3. The summed E-state index contributed by atoms with van der Waals surface area (Å²) in [5.41, 5.74) is 4.93. The van der Waals surface area contributed by atoms with Crippen LogP contribution in [0.25, 0.3) is 32.7 Å². The number of hydrogen-bond acceptors (Lipinski definition) is 8. The molecule has 2 unspecified atom stereocenters. The van der Waals surface area contributed by atoms with E-state index in [0.29, 0.717) is 44.2 Å². The summed E-state index contributed by atoms with van der Waals surface area (Å²) in [6, 6.07) is 22.4. The fourth-order valence-electron chi connectivity index (χ4n) is 7.63. The summed E-state index contributed by atoms with van der Waals surface area (Å²) in [6.45, 7) is 15.1. The van der Waals surface area contributed by atoms with Crippen LogP contribution in [0.3, 0.4) is 0 Å². The summed E-state index contributed by atoms with van der Waals surface area (Å²) in [6.07, 6.45) is 2.95. The van der Waals surface area contributed by atoms with Crippen LogP contribution in [0.1, 0.15) is 110 Å². The molecule has 6 N–H and O–H groups in total. The quantitative estimate of drug-likeness (QED) is 0.0646. The summed E-state index contributed by atoms with van der Waals surface area (Å²) in [4.78, 5) is 9.45. The molecule has 54 heavy (non-hydrogen) atoms. The van der Waals surface area contributed by atoms with Gasteiger partial charge in [-0.05, 0) is 72.6 Å². The molecule has 6 aromatic carbocycles. The highest BCUT2D eigenvalue weighted by Crippen LogP contribution is 2.54. The van der Waals surface area contributed by atoms with Crippen molar-refractivity contribution in [1.82, 2.24) is 0 Å². The number of fused-ring (bicyclic) bond motifs is 2. The zero-order chi connectivity index (χ0) is 39.2. The minimum atomic E-state index is -0.409. The molecule has 0 aliphatic carbocycles. The first kappa shape index (κ1) is 37.7. The van der Waals surface area contributed by atoms with E-state index in [2.05, 4.69) is 0 Å². The Hall–Kier alpha value is -6.02. The van der Waals surface area contributed by atoms with Crippen molar-refractivity contribution in [3.63, 3.8) is 0 Å². The predicted molar refractivity (Wildman–Crippen MR) is 219 cm³/mol. The molecule has 6 rings (SSSR count). The third-order valence-corrected chi connectivity index (χ3v) is 10.4. The summed E-state index contributed by atoms with van der Waals surface area (Å²) < 4.78 is 0. The average Bonchev–Trinajstić information content (AvgIpc) is 3.13. The van der Waals surface area contributed by atoms with Crippen LogP contribution in [-0.2, 0) is 0 Å². The van der Waals surface area contributed by atoms with Crippen molar-refractivity contribution in [1.29, 1.82) is 0 Å². The second-order valence-electron chi connectivity index (χ2n) is 14.8. The Bertz CT molecular complexity index is 2280. The van der Waals surface area contributed by atoms with E-state index in [9.17, 15) is 30.6 Å². The molecule has 0 saturated heterocycles. The number of aliphatic imine (C=N–C) groups is 2. The van der Waals surface area contributed by atoms with Crippen molar-refractivity contribution in [3.05, 3.63) is 117 Å². The first-order chi connectivity index (χ1) is 25.6. The molecule has 0 aliphatic heterocycles. The maximum absolute atomic E-state index is 12.4. The molecule has 0 aliphatic rings. The van der Waals surface area contributed by atoms with Crippen LogP contribution in [0.4, 0.5) is 0 Å². The van der Waals surface area contributed by atoms with Gasteiger partial charge in [-0.2, -0.15) is 0 Å². The van der Waals surface area contributed by atoms with Gasteiger partial charge in [0.15, 0.2) is 23.0 Å². The zero-order valence-corrected chi connectivity index (χ0v) is 32.0. The zero-order valence-electron chi connectivity index (χ0n) is 32.0. The molecule has 6 aromatic rings.